The molecule has 0 amide bonds. The Morgan fingerprint density at radius 1 is 1.29 bits per heavy atom. The topological polar surface area (TPSA) is 27.1 Å². The molecule has 5 heteroatoms. The molecular formula is C16H23ClN2OS. The van der Waals surface area contributed by atoms with E-state index in [4.69, 9.17) is 21.3 Å². The molecule has 1 aromatic heterocycles. The van der Waals surface area contributed by atoms with Crippen LogP contribution in [-0.4, -0.2) is 34.5 Å². The van der Waals surface area contributed by atoms with Crippen LogP contribution in [0.3, 0.4) is 0 Å². The molecule has 0 bridgehead atoms. The van der Waals surface area contributed by atoms with Gasteiger partial charge in [-0.25, -0.2) is 4.98 Å². The summed E-state index contributed by atoms with van der Waals surface area (Å²) in [6.45, 7) is 1.00. The average Bonchev–Trinajstić information content (AvgIpc) is 2.84. The van der Waals surface area contributed by atoms with Crippen molar-refractivity contribution in [2.24, 2.45) is 0 Å². The predicted molar refractivity (Wildman–Crippen MR) is 92.9 cm³/mol. The summed E-state index contributed by atoms with van der Waals surface area (Å²) >= 11 is 7.83. The van der Waals surface area contributed by atoms with Gasteiger partial charge in [0.15, 0.2) is 0 Å². The molecule has 1 heterocycles. The molecule has 21 heavy (non-hydrogen) atoms. The van der Waals surface area contributed by atoms with Crippen molar-refractivity contribution in [2.75, 3.05) is 25.0 Å². The van der Waals surface area contributed by atoms with E-state index in [2.05, 4.69) is 16.9 Å². The number of hydrogen-bond acceptors (Lipinski definition) is 3. The van der Waals surface area contributed by atoms with Crippen LogP contribution in [0.2, 0.25) is 0 Å². The third-order valence-corrected chi connectivity index (χ3v) is 4.47. The van der Waals surface area contributed by atoms with E-state index in [1.807, 2.05) is 23.9 Å². The van der Waals surface area contributed by atoms with Gasteiger partial charge >= 0.3 is 0 Å². The fourth-order valence-corrected chi connectivity index (χ4v) is 3.16. The van der Waals surface area contributed by atoms with Crippen LogP contribution in [0, 0.1) is 0 Å². The molecular weight excluding hydrogens is 304 g/mol. The summed E-state index contributed by atoms with van der Waals surface area (Å²) in [5, 5.41) is 0. The number of methoxy groups -OCH3 is 1. The number of unbranched alkanes of at least 4 members (excludes halogenated alkanes) is 2. The van der Waals surface area contributed by atoms with Gasteiger partial charge in [0.2, 0.25) is 0 Å². The van der Waals surface area contributed by atoms with Gasteiger partial charge in [0.25, 0.3) is 0 Å². The first kappa shape index (κ1) is 16.5. The summed E-state index contributed by atoms with van der Waals surface area (Å²) < 4.78 is 7.64. The van der Waals surface area contributed by atoms with Crippen molar-refractivity contribution in [1.29, 1.82) is 0 Å². The summed E-state index contributed by atoms with van der Waals surface area (Å²) in [5.74, 6) is 3.81. The quantitative estimate of drug-likeness (QED) is 0.506. The minimum atomic E-state index is 0.604. The average molecular weight is 327 g/mol. The van der Waals surface area contributed by atoms with E-state index in [1.165, 1.54) is 25.0 Å². The van der Waals surface area contributed by atoms with Crippen LogP contribution in [0.5, 0.6) is 5.75 Å². The zero-order valence-corrected chi connectivity index (χ0v) is 14.3. The van der Waals surface area contributed by atoms with E-state index in [0.717, 1.165) is 35.6 Å². The number of nitrogens with zero attached hydrogens (tertiary/aromatic N) is 2. The summed E-state index contributed by atoms with van der Waals surface area (Å²) in [6.07, 6.45) is 6.68. The van der Waals surface area contributed by atoms with Crippen LogP contribution in [0.1, 0.15) is 25.1 Å². The third kappa shape index (κ3) is 4.30. The Labute approximate surface area is 136 Å². The Bertz CT molecular complexity index is 571. The summed E-state index contributed by atoms with van der Waals surface area (Å²) in [5.41, 5.74) is 2.18. The highest BCUT2D eigenvalue weighted by Crippen LogP contribution is 2.23. The lowest BCUT2D eigenvalue weighted by Gasteiger charge is -2.09. The van der Waals surface area contributed by atoms with E-state index in [-0.39, 0.29) is 0 Å². The zero-order valence-electron chi connectivity index (χ0n) is 12.8. The number of halogens is 1. The number of ether oxygens (including phenoxy) is 1. The Balaban J connectivity index is 2.18. The SMILES string of the molecule is COc1ccc2nc(CCCl)n(CCCCCSC)c2c1. The molecule has 2 aromatic rings. The van der Waals surface area contributed by atoms with Crippen LogP contribution in [0.15, 0.2) is 18.2 Å². The molecule has 0 fully saturated rings. The van der Waals surface area contributed by atoms with E-state index < -0.39 is 0 Å². The number of alkyl halides is 1. The number of fused-ring (bicyclic) bond motifs is 1. The Morgan fingerprint density at radius 2 is 2.14 bits per heavy atom. The molecule has 0 N–H and O–H groups in total. The second-order valence-electron chi connectivity index (χ2n) is 5.03. The number of imidazole rings is 1. The van der Waals surface area contributed by atoms with E-state index >= 15 is 0 Å². The number of hydrogen-bond donors (Lipinski definition) is 0. The van der Waals surface area contributed by atoms with Gasteiger partial charge in [-0.1, -0.05) is 6.42 Å². The molecule has 0 aliphatic heterocycles. The first-order chi connectivity index (χ1) is 10.3. The Kier molecular flexibility index (Phi) is 6.71. The molecule has 2 rings (SSSR count). The Morgan fingerprint density at radius 3 is 2.86 bits per heavy atom. The molecule has 116 valence electrons. The highest BCUT2D eigenvalue weighted by molar-refractivity contribution is 7.98. The second kappa shape index (κ2) is 8.54. The second-order valence-corrected chi connectivity index (χ2v) is 6.39. The lowest BCUT2D eigenvalue weighted by molar-refractivity contribution is 0.415. The van der Waals surface area contributed by atoms with Crippen molar-refractivity contribution in [3.05, 3.63) is 24.0 Å². The molecule has 0 saturated heterocycles. The van der Waals surface area contributed by atoms with Gasteiger partial charge in [-0.2, -0.15) is 11.8 Å². The number of rotatable bonds is 9. The van der Waals surface area contributed by atoms with Crippen molar-refractivity contribution in [3.8, 4) is 5.75 Å². The minimum absolute atomic E-state index is 0.604. The first-order valence-electron chi connectivity index (χ1n) is 7.38. The first-order valence-corrected chi connectivity index (χ1v) is 9.31. The van der Waals surface area contributed by atoms with Crippen LogP contribution in [-0.2, 0) is 13.0 Å². The number of aromatic nitrogens is 2. The van der Waals surface area contributed by atoms with E-state index in [9.17, 15) is 0 Å². The van der Waals surface area contributed by atoms with E-state index in [0.29, 0.717) is 5.88 Å². The number of benzene rings is 1. The lowest BCUT2D eigenvalue weighted by Crippen LogP contribution is -2.05. The lowest BCUT2D eigenvalue weighted by atomic mass is 10.2. The molecule has 1 aromatic carbocycles. The predicted octanol–water partition coefficient (Wildman–Crippen LogP) is 4.36. The number of thioether (sulfide) groups is 1. The van der Waals surface area contributed by atoms with Gasteiger partial charge in [-0.15, -0.1) is 11.6 Å². The molecule has 0 saturated carbocycles. The molecule has 3 nitrogen and oxygen atoms in total. The largest absolute Gasteiger partial charge is 0.497 e. The smallest absolute Gasteiger partial charge is 0.121 e. The van der Waals surface area contributed by atoms with Gasteiger partial charge in [0.05, 0.1) is 18.1 Å². The Hall–Kier alpha value is -0.870. The molecule has 0 aliphatic carbocycles. The summed E-state index contributed by atoms with van der Waals surface area (Å²) in [6, 6.07) is 6.06. The highest BCUT2D eigenvalue weighted by Gasteiger charge is 2.11. The maximum Gasteiger partial charge on any atom is 0.121 e. The fourth-order valence-electron chi connectivity index (χ4n) is 2.50. The molecule has 0 spiro atoms. The van der Waals surface area contributed by atoms with Gasteiger partial charge in [-0.3, -0.25) is 0 Å². The zero-order chi connectivity index (χ0) is 15.1. The van der Waals surface area contributed by atoms with Gasteiger partial charge in [0, 0.05) is 24.9 Å². The van der Waals surface area contributed by atoms with Gasteiger partial charge in [0.1, 0.15) is 11.6 Å². The molecule has 0 atom stereocenters. The van der Waals surface area contributed by atoms with Crippen molar-refractivity contribution in [3.63, 3.8) is 0 Å². The van der Waals surface area contributed by atoms with Crippen molar-refractivity contribution in [1.82, 2.24) is 9.55 Å². The van der Waals surface area contributed by atoms with Crippen LogP contribution >= 0.6 is 23.4 Å². The molecule has 0 unspecified atom stereocenters. The minimum Gasteiger partial charge on any atom is -0.497 e. The standard InChI is InChI=1S/C16H23ClN2OS/c1-20-13-6-7-14-15(12-13)19(16(18-14)8-9-17)10-4-3-5-11-21-2/h6-7,12H,3-5,8-11H2,1-2H3. The summed E-state index contributed by atoms with van der Waals surface area (Å²) in [7, 11) is 1.70. The van der Waals surface area contributed by atoms with Gasteiger partial charge in [-0.05, 0) is 37.0 Å². The maximum atomic E-state index is 5.92. The van der Waals surface area contributed by atoms with Crippen LogP contribution < -0.4 is 4.74 Å². The van der Waals surface area contributed by atoms with Gasteiger partial charge < -0.3 is 9.30 Å². The van der Waals surface area contributed by atoms with Crippen molar-refractivity contribution >= 4 is 34.4 Å². The van der Waals surface area contributed by atoms with Crippen LogP contribution in [0.25, 0.3) is 11.0 Å². The van der Waals surface area contributed by atoms with Crippen molar-refractivity contribution in [2.45, 2.75) is 32.2 Å². The maximum absolute atomic E-state index is 5.92. The van der Waals surface area contributed by atoms with Crippen molar-refractivity contribution < 1.29 is 4.74 Å². The monoisotopic (exact) mass is 326 g/mol. The van der Waals surface area contributed by atoms with Crippen LogP contribution in [0.4, 0.5) is 0 Å². The summed E-state index contributed by atoms with van der Waals surface area (Å²) in [4.78, 5) is 4.71. The highest BCUT2D eigenvalue weighted by atomic mass is 35.5. The fraction of sp³-hybridized carbons (Fsp3) is 0.562. The number of aryl methyl sites for hydroxylation is 2. The molecule has 0 radical (unpaired) electrons. The van der Waals surface area contributed by atoms with E-state index in [1.54, 1.807) is 7.11 Å². The molecule has 0 aliphatic rings. The third-order valence-electron chi connectivity index (χ3n) is 3.58. The normalized spacial score (nSPS) is 11.2.